The zero-order valence-electron chi connectivity index (χ0n) is 14.7. The molecule has 0 amide bonds. The van der Waals surface area contributed by atoms with E-state index in [1.807, 2.05) is 12.1 Å². The molecule has 3 aromatic carbocycles. The molecule has 2 atom stereocenters. The minimum Gasteiger partial charge on any atom is -0.482 e. The third-order valence-corrected chi connectivity index (χ3v) is 4.70. The molecule has 0 aromatic heterocycles. The van der Waals surface area contributed by atoms with E-state index in [2.05, 4.69) is 73.6 Å². The molecule has 1 aliphatic rings. The molecule has 128 valence electrons. The van der Waals surface area contributed by atoms with Crippen LogP contribution in [0.1, 0.15) is 17.2 Å². The van der Waals surface area contributed by atoms with Crippen LogP contribution in [0.3, 0.4) is 0 Å². The third-order valence-electron chi connectivity index (χ3n) is 4.70. The molecule has 25 heavy (non-hydrogen) atoms. The summed E-state index contributed by atoms with van der Waals surface area (Å²) in [5.41, 5.74) is 2.44. The molecule has 0 saturated carbocycles. The van der Waals surface area contributed by atoms with Crippen LogP contribution < -0.4 is 4.74 Å². The topological polar surface area (TPSA) is 21.7 Å². The number of benzene rings is 3. The fourth-order valence-corrected chi connectivity index (χ4v) is 3.51. The zero-order valence-corrected chi connectivity index (χ0v) is 14.7. The van der Waals surface area contributed by atoms with E-state index in [-0.39, 0.29) is 12.2 Å². The standard InChI is InChI=1S/C22H23NO2/c1-23(2)14-21-22(19-12-6-4-9-17(19)15-24-21)25-20-13-7-10-16-8-3-5-11-18(16)20/h3-13,21-22H,14-15H2,1-2H3/t21?,22-/m0/s1. The Morgan fingerprint density at radius 2 is 1.72 bits per heavy atom. The normalized spacial score (nSPS) is 19.8. The Labute approximate surface area is 148 Å². The fraction of sp³-hybridized carbons (Fsp3) is 0.273. The molecule has 0 saturated heterocycles. The van der Waals surface area contributed by atoms with Gasteiger partial charge in [0.1, 0.15) is 11.9 Å². The van der Waals surface area contributed by atoms with Gasteiger partial charge in [-0.15, -0.1) is 0 Å². The van der Waals surface area contributed by atoms with Crippen LogP contribution in [0, 0.1) is 0 Å². The molecule has 1 unspecified atom stereocenters. The summed E-state index contributed by atoms with van der Waals surface area (Å²) in [4.78, 5) is 2.15. The van der Waals surface area contributed by atoms with Gasteiger partial charge in [0.25, 0.3) is 0 Å². The summed E-state index contributed by atoms with van der Waals surface area (Å²) in [6.07, 6.45) is -0.109. The first-order valence-corrected chi connectivity index (χ1v) is 8.71. The van der Waals surface area contributed by atoms with Crippen LogP contribution in [0.2, 0.25) is 0 Å². The molecule has 0 fully saturated rings. The van der Waals surface area contributed by atoms with E-state index in [1.165, 1.54) is 16.5 Å². The average molecular weight is 333 g/mol. The van der Waals surface area contributed by atoms with Crippen LogP contribution in [0.15, 0.2) is 66.7 Å². The van der Waals surface area contributed by atoms with Gasteiger partial charge in [-0.3, -0.25) is 0 Å². The van der Waals surface area contributed by atoms with E-state index < -0.39 is 0 Å². The third kappa shape index (κ3) is 3.26. The molecule has 1 aliphatic heterocycles. The van der Waals surface area contributed by atoms with E-state index in [0.717, 1.165) is 17.7 Å². The monoisotopic (exact) mass is 333 g/mol. The Kier molecular flexibility index (Phi) is 4.43. The van der Waals surface area contributed by atoms with Gasteiger partial charge < -0.3 is 14.4 Å². The highest BCUT2D eigenvalue weighted by Gasteiger charge is 2.32. The summed E-state index contributed by atoms with van der Waals surface area (Å²) in [5.74, 6) is 0.909. The molecule has 0 aliphatic carbocycles. The smallest absolute Gasteiger partial charge is 0.151 e. The minimum atomic E-state index is -0.113. The second-order valence-electron chi connectivity index (χ2n) is 6.83. The van der Waals surface area contributed by atoms with Crippen LogP contribution in [-0.4, -0.2) is 31.6 Å². The number of likely N-dealkylation sites (N-methyl/N-ethyl adjacent to an activating group) is 1. The Bertz CT molecular complexity index is 869. The summed E-state index contributed by atoms with van der Waals surface area (Å²) in [6, 6.07) is 23.0. The van der Waals surface area contributed by atoms with E-state index in [0.29, 0.717) is 6.61 Å². The van der Waals surface area contributed by atoms with E-state index in [1.54, 1.807) is 0 Å². The molecule has 0 N–H and O–H groups in total. The van der Waals surface area contributed by atoms with E-state index in [4.69, 9.17) is 9.47 Å². The molecule has 0 radical (unpaired) electrons. The van der Waals surface area contributed by atoms with Crippen LogP contribution in [0.25, 0.3) is 10.8 Å². The van der Waals surface area contributed by atoms with Crippen molar-refractivity contribution in [3.63, 3.8) is 0 Å². The van der Waals surface area contributed by atoms with Gasteiger partial charge in [0.05, 0.1) is 6.61 Å². The summed E-state index contributed by atoms with van der Waals surface area (Å²) < 4.78 is 12.7. The van der Waals surface area contributed by atoms with Crippen LogP contribution in [-0.2, 0) is 11.3 Å². The number of ether oxygens (including phenoxy) is 2. The minimum absolute atomic E-state index is 0.00358. The maximum Gasteiger partial charge on any atom is 0.151 e. The lowest BCUT2D eigenvalue weighted by atomic mass is 9.95. The Hall–Kier alpha value is -2.36. The number of fused-ring (bicyclic) bond motifs is 2. The predicted octanol–water partition coefficient (Wildman–Crippen LogP) is 4.42. The van der Waals surface area contributed by atoms with Gasteiger partial charge in [-0.25, -0.2) is 0 Å². The summed E-state index contributed by atoms with van der Waals surface area (Å²) >= 11 is 0. The first-order chi connectivity index (χ1) is 12.2. The number of hydrogen-bond acceptors (Lipinski definition) is 3. The quantitative estimate of drug-likeness (QED) is 0.705. The van der Waals surface area contributed by atoms with Gasteiger partial charge in [-0.1, -0.05) is 60.7 Å². The zero-order chi connectivity index (χ0) is 17.2. The van der Waals surface area contributed by atoms with Crippen molar-refractivity contribution in [3.8, 4) is 5.75 Å². The van der Waals surface area contributed by atoms with Crippen molar-refractivity contribution in [1.29, 1.82) is 0 Å². The molecule has 3 aromatic rings. The molecule has 0 bridgehead atoms. The highest BCUT2D eigenvalue weighted by atomic mass is 16.5. The van der Waals surface area contributed by atoms with Gasteiger partial charge in [0, 0.05) is 17.5 Å². The van der Waals surface area contributed by atoms with Crippen LogP contribution in [0.5, 0.6) is 5.75 Å². The summed E-state index contributed by atoms with van der Waals surface area (Å²) in [6.45, 7) is 1.47. The second kappa shape index (κ2) is 6.87. The van der Waals surface area contributed by atoms with Crippen molar-refractivity contribution >= 4 is 10.8 Å². The summed E-state index contributed by atoms with van der Waals surface area (Å²) in [7, 11) is 4.14. The maximum atomic E-state index is 6.56. The van der Waals surface area contributed by atoms with E-state index in [9.17, 15) is 0 Å². The van der Waals surface area contributed by atoms with Gasteiger partial charge in [0.2, 0.25) is 0 Å². The summed E-state index contributed by atoms with van der Waals surface area (Å²) in [5, 5.41) is 2.32. The maximum absolute atomic E-state index is 6.56. The van der Waals surface area contributed by atoms with Crippen molar-refractivity contribution in [1.82, 2.24) is 4.90 Å². The number of hydrogen-bond donors (Lipinski definition) is 0. The molecule has 3 heteroatoms. The Morgan fingerprint density at radius 1 is 0.960 bits per heavy atom. The predicted molar refractivity (Wildman–Crippen MR) is 101 cm³/mol. The number of nitrogens with zero attached hydrogens (tertiary/aromatic N) is 1. The van der Waals surface area contributed by atoms with Crippen molar-refractivity contribution in [3.05, 3.63) is 77.9 Å². The lowest BCUT2D eigenvalue weighted by molar-refractivity contribution is -0.0612. The Morgan fingerprint density at radius 3 is 2.60 bits per heavy atom. The highest BCUT2D eigenvalue weighted by Crippen LogP contribution is 2.36. The molecular formula is C22H23NO2. The average Bonchev–Trinajstić information content (AvgIpc) is 2.63. The van der Waals surface area contributed by atoms with Gasteiger partial charge in [-0.05, 0) is 31.1 Å². The lowest BCUT2D eigenvalue weighted by Gasteiger charge is -2.35. The first-order valence-electron chi connectivity index (χ1n) is 8.71. The first kappa shape index (κ1) is 16.1. The van der Waals surface area contributed by atoms with Crippen LogP contribution >= 0.6 is 0 Å². The largest absolute Gasteiger partial charge is 0.482 e. The highest BCUT2D eigenvalue weighted by molar-refractivity contribution is 5.88. The van der Waals surface area contributed by atoms with Crippen LogP contribution in [0.4, 0.5) is 0 Å². The molecular weight excluding hydrogens is 310 g/mol. The molecule has 4 rings (SSSR count). The molecule has 1 heterocycles. The molecule has 3 nitrogen and oxygen atoms in total. The van der Waals surface area contributed by atoms with Crippen molar-refractivity contribution in [2.24, 2.45) is 0 Å². The van der Waals surface area contributed by atoms with Crippen molar-refractivity contribution in [2.45, 2.75) is 18.8 Å². The van der Waals surface area contributed by atoms with E-state index >= 15 is 0 Å². The molecule has 0 spiro atoms. The van der Waals surface area contributed by atoms with Gasteiger partial charge in [-0.2, -0.15) is 0 Å². The van der Waals surface area contributed by atoms with Gasteiger partial charge in [0.15, 0.2) is 6.10 Å². The fourth-order valence-electron chi connectivity index (χ4n) is 3.51. The Balaban J connectivity index is 1.74. The van der Waals surface area contributed by atoms with Crippen molar-refractivity contribution in [2.75, 3.05) is 20.6 Å². The second-order valence-corrected chi connectivity index (χ2v) is 6.83. The SMILES string of the molecule is CN(C)CC1OCc2ccccc2[C@@H]1Oc1cccc2ccccc12. The van der Waals surface area contributed by atoms with Gasteiger partial charge >= 0.3 is 0 Å². The van der Waals surface area contributed by atoms with Crippen molar-refractivity contribution < 1.29 is 9.47 Å². The lowest BCUT2D eigenvalue weighted by Crippen LogP contribution is -2.39. The number of rotatable bonds is 4.